The normalized spacial score (nSPS) is 18.9. The summed E-state index contributed by atoms with van der Waals surface area (Å²) in [5.74, 6) is 4.68. The van der Waals surface area contributed by atoms with Gasteiger partial charge in [0.1, 0.15) is 17.8 Å². The fraction of sp³-hybridized carbons (Fsp3) is 0.444. The molecule has 3 N–H and O–H groups in total. The molecular weight excluding hydrogens is 517 g/mol. The van der Waals surface area contributed by atoms with Gasteiger partial charge in [0.15, 0.2) is 0 Å². The van der Waals surface area contributed by atoms with Crippen molar-refractivity contribution in [3.63, 3.8) is 0 Å². The number of urea groups is 1. The Morgan fingerprint density at radius 3 is 2.56 bits per heavy atom. The number of halogens is 3. The number of rotatable bonds is 5. The summed E-state index contributed by atoms with van der Waals surface area (Å²) in [5.41, 5.74) is -0.117. The number of ether oxygens (including phenoxy) is 1. The molecule has 4 atom stereocenters. The van der Waals surface area contributed by atoms with Crippen molar-refractivity contribution in [3.05, 3.63) is 53.2 Å². The van der Waals surface area contributed by atoms with Gasteiger partial charge in [0, 0.05) is 37.0 Å². The van der Waals surface area contributed by atoms with Crippen molar-refractivity contribution in [2.24, 2.45) is 5.92 Å². The average molecular weight is 549 g/mol. The highest BCUT2D eigenvalue weighted by molar-refractivity contribution is 5.97. The number of nitrogens with zero attached hydrogens (tertiary/aromatic N) is 3. The molecule has 3 rings (SSSR count). The van der Waals surface area contributed by atoms with E-state index in [0.717, 1.165) is 12.1 Å². The molecule has 2 heterocycles. The molecule has 9 nitrogen and oxygen atoms in total. The van der Waals surface area contributed by atoms with Crippen LogP contribution in [-0.2, 0) is 6.18 Å². The molecule has 0 unspecified atom stereocenters. The SMILES string of the molecule is C[C@@H]1CN([C@H](C)CO)C(=O)c2cc(C#C[C@@H](C)O)cnc2O[C@@H]1CN(C)C(=O)Nc1ccc(C(F)(F)F)cc1. The minimum absolute atomic E-state index is 0.0332. The van der Waals surface area contributed by atoms with E-state index < -0.39 is 41.9 Å². The van der Waals surface area contributed by atoms with E-state index in [9.17, 15) is 33.0 Å². The number of alkyl halides is 3. The number of amides is 3. The second kappa shape index (κ2) is 12.4. The van der Waals surface area contributed by atoms with Gasteiger partial charge < -0.3 is 30.1 Å². The highest BCUT2D eigenvalue weighted by Crippen LogP contribution is 2.30. The Morgan fingerprint density at radius 1 is 1.31 bits per heavy atom. The van der Waals surface area contributed by atoms with Gasteiger partial charge in [-0.25, -0.2) is 9.78 Å². The van der Waals surface area contributed by atoms with Gasteiger partial charge in [0.05, 0.1) is 24.8 Å². The van der Waals surface area contributed by atoms with Crippen LogP contribution in [0.5, 0.6) is 5.88 Å². The molecule has 0 spiro atoms. The van der Waals surface area contributed by atoms with Gasteiger partial charge in [-0.1, -0.05) is 18.8 Å². The molecule has 1 aliphatic rings. The second-order valence-electron chi connectivity index (χ2n) is 9.53. The Bertz CT molecular complexity index is 1240. The fourth-order valence-electron chi connectivity index (χ4n) is 3.89. The van der Waals surface area contributed by atoms with Crippen molar-refractivity contribution in [2.75, 3.05) is 32.1 Å². The Hall–Kier alpha value is -3.82. The van der Waals surface area contributed by atoms with Crippen LogP contribution in [0.15, 0.2) is 36.5 Å². The molecule has 210 valence electrons. The maximum absolute atomic E-state index is 13.4. The van der Waals surface area contributed by atoms with Crippen LogP contribution < -0.4 is 10.1 Å². The minimum atomic E-state index is -4.48. The summed E-state index contributed by atoms with van der Waals surface area (Å²) < 4.78 is 44.6. The second-order valence-corrected chi connectivity index (χ2v) is 9.53. The Morgan fingerprint density at radius 2 is 1.97 bits per heavy atom. The lowest BCUT2D eigenvalue weighted by Gasteiger charge is -2.37. The summed E-state index contributed by atoms with van der Waals surface area (Å²) in [6.07, 6.45) is -4.58. The standard InChI is InChI=1S/C27H31F3N4O5/c1-16-13-34(17(2)15-35)25(37)22-11-19(6-5-18(3)36)12-31-24(22)39-23(16)14-33(4)26(38)32-21-9-7-20(8-10-21)27(28,29)30/h7-12,16-18,23,35-36H,13-15H2,1-4H3,(H,32,38)/t16-,17-,18-,23-/m1/s1. The number of fused-ring (bicyclic) bond motifs is 1. The van der Waals surface area contributed by atoms with E-state index in [4.69, 9.17) is 4.74 Å². The lowest BCUT2D eigenvalue weighted by atomic mass is 10.00. The number of anilines is 1. The highest BCUT2D eigenvalue weighted by Gasteiger charge is 2.35. The third-order valence-electron chi connectivity index (χ3n) is 6.21. The molecule has 2 aromatic rings. The third-order valence-corrected chi connectivity index (χ3v) is 6.21. The van der Waals surface area contributed by atoms with Crippen LogP contribution in [0.3, 0.4) is 0 Å². The first-order valence-electron chi connectivity index (χ1n) is 12.3. The summed E-state index contributed by atoms with van der Waals surface area (Å²) >= 11 is 0. The highest BCUT2D eigenvalue weighted by atomic mass is 19.4. The monoisotopic (exact) mass is 548 g/mol. The molecule has 0 saturated heterocycles. The molecule has 1 aromatic heterocycles. The molecule has 1 aliphatic heterocycles. The molecule has 0 fully saturated rings. The van der Waals surface area contributed by atoms with Crippen LogP contribution in [-0.4, -0.2) is 81.9 Å². The fourth-order valence-corrected chi connectivity index (χ4v) is 3.89. The van der Waals surface area contributed by atoms with Gasteiger partial charge in [-0.05, 0) is 44.2 Å². The summed E-state index contributed by atoms with van der Waals surface area (Å²) in [5, 5.41) is 21.8. The van der Waals surface area contributed by atoms with Crippen molar-refractivity contribution in [3.8, 4) is 17.7 Å². The molecule has 12 heteroatoms. The summed E-state index contributed by atoms with van der Waals surface area (Å²) in [7, 11) is 1.51. The number of nitrogens with one attached hydrogen (secondary N) is 1. The Kier molecular flexibility index (Phi) is 9.42. The summed E-state index contributed by atoms with van der Waals surface area (Å²) in [6.45, 7) is 5.05. The number of likely N-dealkylation sites (N-methyl/N-ethyl adjacent to an activating group) is 1. The molecule has 39 heavy (non-hydrogen) atoms. The first-order valence-corrected chi connectivity index (χ1v) is 12.3. The Labute approximate surface area is 224 Å². The van der Waals surface area contributed by atoms with Crippen LogP contribution >= 0.6 is 0 Å². The van der Waals surface area contributed by atoms with E-state index in [-0.39, 0.29) is 42.7 Å². The van der Waals surface area contributed by atoms with E-state index in [1.165, 1.54) is 48.2 Å². The number of aliphatic hydroxyl groups excluding tert-OH is 2. The summed E-state index contributed by atoms with van der Waals surface area (Å²) in [4.78, 5) is 33.3. The number of pyridine rings is 1. The molecule has 0 aliphatic carbocycles. The van der Waals surface area contributed by atoms with Crippen LogP contribution in [0.4, 0.5) is 23.7 Å². The number of aromatic nitrogens is 1. The number of hydrogen-bond acceptors (Lipinski definition) is 6. The number of carbonyl (C=O) groups is 2. The van der Waals surface area contributed by atoms with E-state index in [1.54, 1.807) is 6.92 Å². The van der Waals surface area contributed by atoms with Gasteiger partial charge in [-0.15, -0.1) is 0 Å². The van der Waals surface area contributed by atoms with Crippen molar-refractivity contribution in [2.45, 2.75) is 45.2 Å². The largest absolute Gasteiger partial charge is 0.472 e. The quantitative estimate of drug-likeness (QED) is 0.495. The van der Waals surface area contributed by atoms with E-state index in [0.29, 0.717) is 5.56 Å². The molecule has 1 aromatic carbocycles. The van der Waals surface area contributed by atoms with Crippen LogP contribution in [0.25, 0.3) is 0 Å². The molecule has 3 amide bonds. The van der Waals surface area contributed by atoms with Crippen molar-refractivity contribution < 1.29 is 37.7 Å². The zero-order valence-corrected chi connectivity index (χ0v) is 22.0. The first-order chi connectivity index (χ1) is 18.3. The first kappa shape index (κ1) is 29.7. The lowest BCUT2D eigenvalue weighted by molar-refractivity contribution is -0.137. The van der Waals surface area contributed by atoms with Gasteiger partial charge in [0.2, 0.25) is 5.88 Å². The van der Waals surface area contributed by atoms with Crippen LogP contribution in [0.1, 0.15) is 42.3 Å². The van der Waals surface area contributed by atoms with Crippen LogP contribution in [0.2, 0.25) is 0 Å². The van der Waals surface area contributed by atoms with Crippen molar-refractivity contribution in [1.82, 2.24) is 14.8 Å². The maximum Gasteiger partial charge on any atom is 0.416 e. The number of aliphatic hydroxyl groups is 2. The van der Waals surface area contributed by atoms with Gasteiger partial charge in [-0.2, -0.15) is 13.2 Å². The topological polar surface area (TPSA) is 115 Å². The maximum atomic E-state index is 13.4. The predicted molar refractivity (Wildman–Crippen MR) is 137 cm³/mol. The van der Waals surface area contributed by atoms with Crippen molar-refractivity contribution in [1.29, 1.82) is 0 Å². The minimum Gasteiger partial charge on any atom is -0.472 e. The zero-order valence-electron chi connectivity index (χ0n) is 22.0. The number of hydrogen-bond donors (Lipinski definition) is 3. The summed E-state index contributed by atoms with van der Waals surface area (Å²) in [6, 6.07) is 4.52. The Balaban J connectivity index is 1.84. The van der Waals surface area contributed by atoms with Gasteiger partial charge in [-0.3, -0.25) is 4.79 Å². The van der Waals surface area contributed by atoms with E-state index >= 15 is 0 Å². The van der Waals surface area contributed by atoms with Crippen LogP contribution in [0, 0.1) is 17.8 Å². The smallest absolute Gasteiger partial charge is 0.416 e. The van der Waals surface area contributed by atoms with Gasteiger partial charge >= 0.3 is 12.2 Å². The number of benzene rings is 1. The third kappa shape index (κ3) is 7.61. The van der Waals surface area contributed by atoms with Crippen molar-refractivity contribution >= 4 is 17.6 Å². The zero-order chi connectivity index (χ0) is 28.9. The predicted octanol–water partition coefficient (Wildman–Crippen LogP) is 3.22. The molecular formula is C27H31F3N4O5. The van der Waals surface area contributed by atoms with E-state index in [2.05, 4.69) is 22.1 Å². The lowest BCUT2D eigenvalue weighted by Crippen LogP contribution is -2.50. The average Bonchev–Trinajstić information content (AvgIpc) is 2.88. The van der Waals surface area contributed by atoms with Gasteiger partial charge in [0.25, 0.3) is 5.91 Å². The number of carbonyl (C=O) groups excluding carboxylic acids is 2. The molecule has 0 bridgehead atoms. The molecule has 0 saturated carbocycles. The molecule has 0 radical (unpaired) electrons. The van der Waals surface area contributed by atoms with E-state index in [1.807, 2.05) is 6.92 Å².